The Morgan fingerprint density at radius 1 is 1.10 bits per heavy atom. The van der Waals surface area contributed by atoms with Crippen LogP contribution in [0.5, 0.6) is 0 Å². The third-order valence-corrected chi connectivity index (χ3v) is 7.31. The zero-order valence-corrected chi connectivity index (χ0v) is 17.4. The highest BCUT2D eigenvalue weighted by Crippen LogP contribution is 2.26. The highest BCUT2D eigenvalue weighted by atomic mass is 32.2. The number of carbonyl (C=O) groups excluding carboxylic acids is 1. The first-order valence-electron chi connectivity index (χ1n) is 10.0. The summed E-state index contributed by atoms with van der Waals surface area (Å²) in [7, 11) is -3.89. The molecule has 7 heteroatoms. The maximum atomic E-state index is 14.0. The van der Waals surface area contributed by atoms with Gasteiger partial charge in [-0.05, 0) is 37.0 Å². The number of rotatable bonds is 7. The standard InChI is InChI=1S/C22H27FN2O3S/c1-2-8-20(17-9-4-3-5-10-17)24-22(26)18-13-15-25(16-14-18)29(27,28)21-12-7-6-11-19(21)23/h3-7,9-12,18,20H,2,8,13-16H2,1H3,(H,24,26). The minimum absolute atomic E-state index is 0.0461. The fraction of sp³-hybridized carbons (Fsp3) is 0.409. The molecule has 0 radical (unpaired) electrons. The molecule has 3 rings (SSSR count). The van der Waals surface area contributed by atoms with Crippen molar-refractivity contribution in [1.82, 2.24) is 9.62 Å². The molecule has 2 aromatic rings. The number of hydrogen-bond donors (Lipinski definition) is 1. The zero-order chi connectivity index (χ0) is 20.9. The number of amides is 1. The second-order valence-electron chi connectivity index (χ2n) is 7.37. The fourth-order valence-corrected chi connectivity index (χ4v) is 5.27. The number of sulfonamides is 1. The zero-order valence-electron chi connectivity index (χ0n) is 16.6. The molecule has 1 aliphatic rings. The van der Waals surface area contributed by atoms with Crippen molar-refractivity contribution in [3.8, 4) is 0 Å². The summed E-state index contributed by atoms with van der Waals surface area (Å²) in [5, 5.41) is 3.13. The maximum absolute atomic E-state index is 14.0. The summed E-state index contributed by atoms with van der Waals surface area (Å²) >= 11 is 0. The van der Waals surface area contributed by atoms with E-state index in [4.69, 9.17) is 0 Å². The van der Waals surface area contributed by atoms with E-state index in [0.717, 1.165) is 24.5 Å². The first kappa shape index (κ1) is 21.5. The molecular formula is C22H27FN2O3S. The summed E-state index contributed by atoms with van der Waals surface area (Å²) < 4.78 is 40.7. The predicted molar refractivity (Wildman–Crippen MR) is 110 cm³/mol. The topological polar surface area (TPSA) is 66.5 Å². The summed E-state index contributed by atoms with van der Waals surface area (Å²) in [6.45, 7) is 2.49. The molecule has 1 atom stereocenters. The lowest BCUT2D eigenvalue weighted by Crippen LogP contribution is -2.43. The number of halogens is 1. The number of piperidine rings is 1. The highest BCUT2D eigenvalue weighted by Gasteiger charge is 2.33. The normalized spacial score (nSPS) is 17.0. The number of nitrogens with one attached hydrogen (secondary N) is 1. The van der Waals surface area contributed by atoms with Crippen LogP contribution in [0.25, 0.3) is 0 Å². The Labute approximate surface area is 172 Å². The van der Waals surface area contributed by atoms with Gasteiger partial charge in [0.25, 0.3) is 0 Å². The van der Waals surface area contributed by atoms with Gasteiger partial charge < -0.3 is 5.32 Å². The van der Waals surface area contributed by atoms with Gasteiger partial charge in [0.05, 0.1) is 6.04 Å². The Balaban J connectivity index is 1.62. The molecule has 5 nitrogen and oxygen atoms in total. The van der Waals surface area contributed by atoms with Crippen molar-refractivity contribution in [1.29, 1.82) is 0 Å². The minimum atomic E-state index is -3.89. The van der Waals surface area contributed by atoms with Crippen molar-refractivity contribution < 1.29 is 17.6 Å². The average molecular weight is 419 g/mol. The van der Waals surface area contributed by atoms with E-state index in [1.807, 2.05) is 30.3 Å². The van der Waals surface area contributed by atoms with Crippen LogP contribution in [0.15, 0.2) is 59.5 Å². The Morgan fingerprint density at radius 3 is 2.34 bits per heavy atom. The third-order valence-electron chi connectivity index (χ3n) is 5.37. The highest BCUT2D eigenvalue weighted by molar-refractivity contribution is 7.89. The molecule has 1 heterocycles. The number of hydrogen-bond acceptors (Lipinski definition) is 3. The molecule has 0 aliphatic carbocycles. The monoisotopic (exact) mass is 418 g/mol. The van der Waals surface area contributed by atoms with Crippen LogP contribution in [-0.2, 0) is 14.8 Å². The predicted octanol–water partition coefficient (Wildman–Crippen LogP) is 3.88. The molecule has 1 saturated heterocycles. The minimum Gasteiger partial charge on any atom is -0.349 e. The molecule has 1 N–H and O–H groups in total. The fourth-order valence-electron chi connectivity index (χ4n) is 3.74. The van der Waals surface area contributed by atoms with E-state index in [-0.39, 0.29) is 35.9 Å². The summed E-state index contributed by atoms with van der Waals surface area (Å²) in [6, 6.07) is 15.2. The molecule has 1 unspecified atom stereocenters. The van der Waals surface area contributed by atoms with Gasteiger partial charge in [0.2, 0.25) is 15.9 Å². The van der Waals surface area contributed by atoms with Crippen LogP contribution in [0.2, 0.25) is 0 Å². The molecule has 0 spiro atoms. The molecule has 2 aromatic carbocycles. The second kappa shape index (κ2) is 9.50. The quantitative estimate of drug-likeness (QED) is 0.742. The first-order valence-corrected chi connectivity index (χ1v) is 11.5. The van der Waals surface area contributed by atoms with E-state index in [2.05, 4.69) is 12.2 Å². The van der Waals surface area contributed by atoms with Crippen LogP contribution >= 0.6 is 0 Å². The Kier molecular flexibility index (Phi) is 7.03. The van der Waals surface area contributed by atoms with Crippen LogP contribution in [0.4, 0.5) is 4.39 Å². The smallest absolute Gasteiger partial charge is 0.245 e. The van der Waals surface area contributed by atoms with Crippen molar-refractivity contribution in [2.24, 2.45) is 5.92 Å². The SMILES string of the molecule is CCCC(NC(=O)C1CCN(S(=O)(=O)c2ccccc2F)CC1)c1ccccc1. The second-order valence-corrected chi connectivity index (χ2v) is 9.28. The lowest BCUT2D eigenvalue weighted by atomic mass is 9.95. The van der Waals surface area contributed by atoms with E-state index >= 15 is 0 Å². The summed E-state index contributed by atoms with van der Waals surface area (Å²) in [5.74, 6) is -1.04. The molecular weight excluding hydrogens is 391 g/mol. The van der Waals surface area contributed by atoms with Crippen LogP contribution in [0.1, 0.15) is 44.2 Å². The Hall–Kier alpha value is -2.25. The van der Waals surface area contributed by atoms with Crippen LogP contribution in [-0.4, -0.2) is 31.7 Å². The molecule has 1 aliphatic heterocycles. The number of benzene rings is 2. The number of carbonyl (C=O) groups is 1. The van der Waals surface area contributed by atoms with Crippen LogP contribution < -0.4 is 5.32 Å². The average Bonchev–Trinajstić information content (AvgIpc) is 2.74. The van der Waals surface area contributed by atoms with Gasteiger partial charge >= 0.3 is 0 Å². The van der Waals surface area contributed by atoms with Gasteiger partial charge in [-0.2, -0.15) is 4.31 Å². The largest absolute Gasteiger partial charge is 0.349 e. The van der Waals surface area contributed by atoms with Crippen molar-refractivity contribution in [3.63, 3.8) is 0 Å². The van der Waals surface area contributed by atoms with Crippen molar-refractivity contribution in [3.05, 3.63) is 66.0 Å². The lowest BCUT2D eigenvalue weighted by Gasteiger charge is -2.31. The van der Waals surface area contributed by atoms with Gasteiger partial charge in [-0.15, -0.1) is 0 Å². The molecule has 0 saturated carbocycles. The van der Waals surface area contributed by atoms with E-state index in [0.29, 0.717) is 12.8 Å². The van der Waals surface area contributed by atoms with Gasteiger partial charge in [-0.1, -0.05) is 55.8 Å². The van der Waals surface area contributed by atoms with E-state index in [9.17, 15) is 17.6 Å². The Bertz CT molecular complexity index is 926. The van der Waals surface area contributed by atoms with Gasteiger partial charge in [0, 0.05) is 19.0 Å². The summed E-state index contributed by atoms with van der Waals surface area (Å²) in [5.41, 5.74) is 1.07. The van der Waals surface area contributed by atoms with Gasteiger partial charge in [-0.25, -0.2) is 12.8 Å². The van der Waals surface area contributed by atoms with Gasteiger partial charge in [0.15, 0.2) is 0 Å². The van der Waals surface area contributed by atoms with E-state index in [1.54, 1.807) is 0 Å². The summed E-state index contributed by atoms with van der Waals surface area (Å²) in [6.07, 6.45) is 2.63. The molecule has 0 bridgehead atoms. The van der Waals surface area contributed by atoms with Crippen LogP contribution in [0.3, 0.4) is 0 Å². The molecule has 1 fully saturated rings. The van der Waals surface area contributed by atoms with Gasteiger partial charge in [-0.3, -0.25) is 4.79 Å². The lowest BCUT2D eigenvalue weighted by molar-refractivity contribution is -0.127. The molecule has 29 heavy (non-hydrogen) atoms. The van der Waals surface area contributed by atoms with Gasteiger partial charge in [0.1, 0.15) is 10.7 Å². The maximum Gasteiger partial charge on any atom is 0.245 e. The van der Waals surface area contributed by atoms with Crippen LogP contribution in [0, 0.1) is 11.7 Å². The number of nitrogens with zero attached hydrogens (tertiary/aromatic N) is 1. The first-order chi connectivity index (χ1) is 13.9. The van der Waals surface area contributed by atoms with Crippen molar-refractivity contribution in [2.75, 3.05) is 13.1 Å². The molecule has 0 aromatic heterocycles. The van der Waals surface area contributed by atoms with E-state index < -0.39 is 15.8 Å². The molecule has 1 amide bonds. The third kappa shape index (κ3) is 5.03. The van der Waals surface area contributed by atoms with Crippen molar-refractivity contribution >= 4 is 15.9 Å². The van der Waals surface area contributed by atoms with Crippen molar-refractivity contribution in [2.45, 2.75) is 43.5 Å². The summed E-state index contributed by atoms with van der Waals surface area (Å²) in [4.78, 5) is 12.5. The Morgan fingerprint density at radius 2 is 1.72 bits per heavy atom. The molecule has 156 valence electrons. The van der Waals surface area contributed by atoms with E-state index in [1.165, 1.54) is 22.5 Å².